The maximum Gasteiger partial charge on any atom is 0.0610 e. The summed E-state index contributed by atoms with van der Waals surface area (Å²) in [7, 11) is 0. The van der Waals surface area contributed by atoms with Gasteiger partial charge in [-0.15, -0.1) is 0 Å². The highest BCUT2D eigenvalue weighted by Gasteiger charge is 2.11. The van der Waals surface area contributed by atoms with Gasteiger partial charge in [0.1, 0.15) is 0 Å². The van der Waals surface area contributed by atoms with E-state index in [1.807, 2.05) is 13.0 Å². The van der Waals surface area contributed by atoms with Crippen LogP contribution in [0.1, 0.15) is 30.9 Å². The molecule has 1 aromatic heterocycles. The molecular weight excluding hydrogens is 246 g/mol. The summed E-state index contributed by atoms with van der Waals surface area (Å²) in [5.74, 6) is 0. The summed E-state index contributed by atoms with van der Waals surface area (Å²) in [6.45, 7) is 5.03. The van der Waals surface area contributed by atoms with Crippen molar-refractivity contribution >= 4 is 22.5 Å². The van der Waals surface area contributed by atoms with Crippen LogP contribution in [0, 0.1) is 6.92 Å². The van der Waals surface area contributed by atoms with Crippen LogP contribution >= 0.6 is 11.6 Å². The van der Waals surface area contributed by atoms with Gasteiger partial charge in [0.25, 0.3) is 0 Å². The van der Waals surface area contributed by atoms with E-state index in [0.717, 1.165) is 17.0 Å². The maximum absolute atomic E-state index is 9.17. The SMILES string of the molecule is CCCCc1cn(CCO)c2c(C)c(Cl)ccc12. The van der Waals surface area contributed by atoms with Crippen molar-refractivity contribution in [3.8, 4) is 0 Å². The molecule has 98 valence electrons. The van der Waals surface area contributed by atoms with Gasteiger partial charge in [-0.05, 0) is 37.0 Å². The molecule has 1 N–H and O–H groups in total. The largest absolute Gasteiger partial charge is 0.395 e. The van der Waals surface area contributed by atoms with Crippen LogP contribution in [-0.2, 0) is 13.0 Å². The molecule has 0 radical (unpaired) electrons. The van der Waals surface area contributed by atoms with Gasteiger partial charge in [-0.2, -0.15) is 0 Å². The number of fused-ring (bicyclic) bond motifs is 1. The number of rotatable bonds is 5. The number of nitrogens with zero attached hydrogens (tertiary/aromatic N) is 1. The lowest BCUT2D eigenvalue weighted by atomic mass is 10.1. The Balaban J connectivity index is 2.56. The molecule has 0 atom stereocenters. The Hall–Kier alpha value is -0.990. The number of unbranched alkanes of at least 4 members (excludes halogenated alkanes) is 1. The van der Waals surface area contributed by atoms with Crippen LogP contribution in [0.2, 0.25) is 5.02 Å². The van der Waals surface area contributed by atoms with Crippen molar-refractivity contribution in [2.24, 2.45) is 0 Å². The first-order chi connectivity index (χ1) is 8.69. The molecule has 18 heavy (non-hydrogen) atoms. The van der Waals surface area contributed by atoms with Crippen molar-refractivity contribution in [1.29, 1.82) is 0 Å². The molecule has 0 spiro atoms. The van der Waals surface area contributed by atoms with Crippen molar-refractivity contribution in [3.63, 3.8) is 0 Å². The Labute approximate surface area is 113 Å². The van der Waals surface area contributed by atoms with E-state index in [-0.39, 0.29) is 6.61 Å². The third-order valence-electron chi connectivity index (χ3n) is 3.45. The van der Waals surface area contributed by atoms with Gasteiger partial charge >= 0.3 is 0 Å². The molecule has 0 unspecified atom stereocenters. The Morgan fingerprint density at radius 3 is 2.78 bits per heavy atom. The quantitative estimate of drug-likeness (QED) is 0.870. The zero-order chi connectivity index (χ0) is 13.1. The van der Waals surface area contributed by atoms with E-state index >= 15 is 0 Å². The van der Waals surface area contributed by atoms with Crippen molar-refractivity contribution in [1.82, 2.24) is 4.57 Å². The minimum absolute atomic E-state index is 0.156. The monoisotopic (exact) mass is 265 g/mol. The molecule has 0 amide bonds. The number of aliphatic hydroxyl groups excluding tert-OH is 1. The van der Waals surface area contributed by atoms with E-state index in [1.165, 1.54) is 29.3 Å². The average molecular weight is 266 g/mol. The number of aliphatic hydroxyl groups is 1. The minimum atomic E-state index is 0.156. The molecule has 2 rings (SSSR count). The third-order valence-corrected chi connectivity index (χ3v) is 3.86. The van der Waals surface area contributed by atoms with E-state index in [0.29, 0.717) is 6.54 Å². The predicted octanol–water partition coefficient (Wildman–Crippen LogP) is 3.94. The van der Waals surface area contributed by atoms with Crippen LogP contribution in [0.25, 0.3) is 10.9 Å². The fourth-order valence-electron chi connectivity index (χ4n) is 2.48. The lowest BCUT2D eigenvalue weighted by Gasteiger charge is -2.06. The molecule has 0 fully saturated rings. The van der Waals surface area contributed by atoms with Gasteiger partial charge in [0.15, 0.2) is 0 Å². The molecule has 2 nitrogen and oxygen atoms in total. The third kappa shape index (κ3) is 2.40. The molecule has 0 saturated carbocycles. The minimum Gasteiger partial charge on any atom is -0.395 e. The Bertz CT molecular complexity index is 545. The highest BCUT2D eigenvalue weighted by Crippen LogP contribution is 2.30. The lowest BCUT2D eigenvalue weighted by Crippen LogP contribution is -2.01. The van der Waals surface area contributed by atoms with Crippen LogP contribution in [-0.4, -0.2) is 16.3 Å². The predicted molar refractivity (Wildman–Crippen MR) is 77.4 cm³/mol. The van der Waals surface area contributed by atoms with Gasteiger partial charge in [0, 0.05) is 23.2 Å². The van der Waals surface area contributed by atoms with E-state index in [4.69, 9.17) is 11.6 Å². The number of hydrogen-bond donors (Lipinski definition) is 1. The summed E-state index contributed by atoms with van der Waals surface area (Å²) >= 11 is 6.20. The van der Waals surface area contributed by atoms with E-state index in [9.17, 15) is 5.11 Å². The van der Waals surface area contributed by atoms with Crippen molar-refractivity contribution in [2.45, 2.75) is 39.7 Å². The molecule has 1 aromatic carbocycles. The second-order valence-electron chi connectivity index (χ2n) is 4.74. The molecule has 0 aliphatic carbocycles. The van der Waals surface area contributed by atoms with Crippen molar-refractivity contribution in [3.05, 3.63) is 34.5 Å². The fourth-order valence-corrected chi connectivity index (χ4v) is 2.63. The Kier molecular flexibility index (Phi) is 4.31. The summed E-state index contributed by atoms with van der Waals surface area (Å²) in [6.07, 6.45) is 5.64. The van der Waals surface area contributed by atoms with Gasteiger partial charge < -0.3 is 9.67 Å². The second-order valence-corrected chi connectivity index (χ2v) is 5.15. The first-order valence-corrected chi connectivity index (χ1v) is 6.94. The second kappa shape index (κ2) is 5.77. The number of aromatic nitrogens is 1. The zero-order valence-electron chi connectivity index (χ0n) is 11.0. The van der Waals surface area contributed by atoms with E-state index in [2.05, 4.69) is 23.8 Å². The van der Waals surface area contributed by atoms with Crippen LogP contribution in [0.4, 0.5) is 0 Å². The highest BCUT2D eigenvalue weighted by molar-refractivity contribution is 6.32. The van der Waals surface area contributed by atoms with Gasteiger partial charge in [-0.25, -0.2) is 0 Å². The average Bonchev–Trinajstić information content (AvgIpc) is 2.70. The number of hydrogen-bond acceptors (Lipinski definition) is 1. The first kappa shape index (κ1) is 13.4. The fraction of sp³-hybridized carbons (Fsp3) is 0.467. The van der Waals surface area contributed by atoms with Crippen LogP contribution in [0.3, 0.4) is 0 Å². The van der Waals surface area contributed by atoms with Gasteiger partial charge in [0.05, 0.1) is 12.1 Å². The summed E-state index contributed by atoms with van der Waals surface area (Å²) in [4.78, 5) is 0. The van der Waals surface area contributed by atoms with Crippen molar-refractivity contribution < 1.29 is 5.11 Å². The summed E-state index contributed by atoms with van der Waals surface area (Å²) in [5, 5.41) is 11.2. The van der Waals surface area contributed by atoms with Crippen LogP contribution in [0.5, 0.6) is 0 Å². The van der Waals surface area contributed by atoms with Crippen LogP contribution in [0.15, 0.2) is 18.3 Å². The molecule has 1 heterocycles. The summed E-state index contributed by atoms with van der Waals surface area (Å²) < 4.78 is 2.13. The smallest absolute Gasteiger partial charge is 0.0610 e. The molecule has 2 aromatic rings. The van der Waals surface area contributed by atoms with Gasteiger partial charge in [-0.1, -0.05) is 31.0 Å². The number of halogens is 1. The van der Waals surface area contributed by atoms with E-state index < -0.39 is 0 Å². The molecule has 0 aliphatic rings. The Morgan fingerprint density at radius 1 is 1.33 bits per heavy atom. The highest BCUT2D eigenvalue weighted by atomic mass is 35.5. The normalized spacial score (nSPS) is 11.3. The zero-order valence-corrected chi connectivity index (χ0v) is 11.8. The molecular formula is C15H20ClNO. The topological polar surface area (TPSA) is 25.2 Å². The molecule has 0 bridgehead atoms. The molecule has 0 aliphatic heterocycles. The molecule has 3 heteroatoms. The first-order valence-electron chi connectivity index (χ1n) is 6.56. The van der Waals surface area contributed by atoms with Gasteiger partial charge in [0.2, 0.25) is 0 Å². The lowest BCUT2D eigenvalue weighted by molar-refractivity contribution is 0.278. The van der Waals surface area contributed by atoms with Gasteiger partial charge in [-0.3, -0.25) is 0 Å². The summed E-state index contributed by atoms with van der Waals surface area (Å²) in [6, 6.07) is 4.07. The van der Waals surface area contributed by atoms with E-state index in [1.54, 1.807) is 0 Å². The standard InChI is InChI=1S/C15H20ClNO/c1-3-4-5-12-10-17(8-9-18)15-11(2)14(16)7-6-13(12)15/h6-7,10,18H,3-5,8-9H2,1-2H3. The number of benzene rings is 1. The van der Waals surface area contributed by atoms with Crippen molar-refractivity contribution in [2.75, 3.05) is 6.61 Å². The summed E-state index contributed by atoms with van der Waals surface area (Å²) in [5.41, 5.74) is 3.63. The molecule has 0 saturated heterocycles. The Morgan fingerprint density at radius 2 is 2.11 bits per heavy atom. The number of aryl methyl sites for hydroxylation is 2. The van der Waals surface area contributed by atoms with Crippen LogP contribution < -0.4 is 0 Å². The maximum atomic E-state index is 9.17.